The van der Waals surface area contributed by atoms with E-state index in [1.54, 1.807) is 12.1 Å². The molecule has 0 saturated carbocycles. The summed E-state index contributed by atoms with van der Waals surface area (Å²) in [7, 11) is 0. The predicted octanol–water partition coefficient (Wildman–Crippen LogP) is 5.46. The van der Waals surface area contributed by atoms with Crippen LogP contribution in [0.1, 0.15) is 12.5 Å². The maximum absolute atomic E-state index is 12.6. The molecule has 2 aromatic heterocycles. The number of benzene rings is 2. The zero-order chi connectivity index (χ0) is 19.0. The molecule has 2 aromatic carbocycles. The van der Waals surface area contributed by atoms with Gasteiger partial charge in [-0.25, -0.2) is 9.97 Å². The lowest BCUT2D eigenvalue weighted by atomic mass is 10.2. The number of aromatic nitrogens is 2. The van der Waals surface area contributed by atoms with Crippen molar-refractivity contribution in [3.63, 3.8) is 0 Å². The molecular weight excluding hydrogens is 382 g/mol. The highest BCUT2D eigenvalue weighted by Gasteiger charge is 2.20. The third-order valence-corrected chi connectivity index (χ3v) is 5.56. The van der Waals surface area contributed by atoms with Crippen LogP contribution in [0.5, 0.6) is 0 Å². The lowest BCUT2D eigenvalue weighted by molar-refractivity contribution is -0.115. The van der Waals surface area contributed by atoms with Gasteiger partial charge in [-0.1, -0.05) is 41.6 Å². The van der Waals surface area contributed by atoms with E-state index >= 15 is 0 Å². The van der Waals surface area contributed by atoms with Gasteiger partial charge >= 0.3 is 0 Å². The van der Waals surface area contributed by atoms with Gasteiger partial charge in [-0.3, -0.25) is 4.79 Å². The molecule has 0 aliphatic rings. The first kappa shape index (κ1) is 17.8. The molecule has 0 saturated heterocycles. The summed E-state index contributed by atoms with van der Waals surface area (Å²) >= 11 is 7.36. The van der Waals surface area contributed by atoms with Crippen LogP contribution in [0.4, 0.5) is 5.69 Å². The molecule has 0 aliphatic carbocycles. The Morgan fingerprint density at radius 1 is 1.22 bits per heavy atom. The second-order valence-corrected chi connectivity index (χ2v) is 7.93. The van der Waals surface area contributed by atoms with Gasteiger partial charge in [0.1, 0.15) is 22.5 Å². The minimum atomic E-state index is -0.380. The maximum Gasteiger partial charge on any atom is 0.237 e. The average molecular weight is 398 g/mol. The number of aryl methyl sites for hydroxylation is 1. The number of amides is 1. The molecule has 27 heavy (non-hydrogen) atoms. The van der Waals surface area contributed by atoms with Crippen molar-refractivity contribution in [2.45, 2.75) is 24.1 Å². The minimum Gasteiger partial charge on any atom is -0.451 e. The summed E-state index contributed by atoms with van der Waals surface area (Å²) < 4.78 is 5.92. The summed E-state index contributed by atoms with van der Waals surface area (Å²) in [5.41, 5.74) is 3.76. The second kappa shape index (κ2) is 7.21. The molecule has 0 fully saturated rings. The second-order valence-electron chi connectivity index (χ2n) is 6.16. The molecule has 2 heterocycles. The van der Waals surface area contributed by atoms with Crippen LogP contribution in [-0.2, 0) is 4.79 Å². The molecule has 0 bridgehead atoms. The lowest BCUT2D eigenvalue weighted by Gasteiger charge is -2.13. The number of para-hydroxylation sites is 1. The number of nitrogens with zero attached hydrogens (tertiary/aromatic N) is 2. The van der Waals surface area contributed by atoms with Crippen molar-refractivity contribution in [2.75, 3.05) is 5.32 Å². The van der Waals surface area contributed by atoms with Crippen molar-refractivity contribution in [1.29, 1.82) is 0 Å². The Morgan fingerprint density at radius 2 is 2.04 bits per heavy atom. The molecular formula is C20H16ClN3O2S. The van der Waals surface area contributed by atoms with Crippen LogP contribution in [0.15, 0.2) is 58.2 Å². The number of carbonyl (C=O) groups excluding carboxylic acids is 1. The minimum absolute atomic E-state index is 0.131. The van der Waals surface area contributed by atoms with Gasteiger partial charge in [-0.05, 0) is 43.7 Å². The molecule has 0 radical (unpaired) electrons. The van der Waals surface area contributed by atoms with Crippen LogP contribution in [0.3, 0.4) is 0 Å². The lowest BCUT2D eigenvalue weighted by Crippen LogP contribution is -2.23. The van der Waals surface area contributed by atoms with Gasteiger partial charge < -0.3 is 9.73 Å². The highest BCUT2D eigenvalue weighted by atomic mass is 35.5. The average Bonchev–Trinajstić information content (AvgIpc) is 3.04. The van der Waals surface area contributed by atoms with Crippen molar-refractivity contribution < 1.29 is 9.21 Å². The molecule has 4 aromatic rings. The summed E-state index contributed by atoms with van der Waals surface area (Å²) in [6.45, 7) is 3.75. The zero-order valence-corrected chi connectivity index (χ0v) is 16.3. The first-order valence-electron chi connectivity index (χ1n) is 8.39. The quantitative estimate of drug-likeness (QED) is 0.366. The number of halogens is 1. The van der Waals surface area contributed by atoms with E-state index < -0.39 is 0 Å². The Bertz CT molecular complexity index is 1160. The van der Waals surface area contributed by atoms with Gasteiger partial charge in [-0.2, -0.15) is 0 Å². The summed E-state index contributed by atoms with van der Waals surface area (Å²) in [6.07, 6.45) is 1.50. The van der Waals surface area contributed by atoms with Gasteiger partial charge in [0.05, 0.1) is 5.25 Å². The molecule has 0 spiro atoms. The monoisotopic (exact) mass is 397 g/mol. The maximum atomic E-state index is 12.6. The van der Waals surface area contributed by atoms with Gasteiger partial charge in [0.15, 0.2) is 5.58 Å². The van der Waals surface area contributed by atoms with Crippen LogP contribution in [0.25, 0.3) is 22.1 Å². The third-order valence-electron chi connectivity index (χ3n) is 4.24. The van der Waals surface area contributed by atoms with Crippen molar-refractivity contribution >= 4 is 57.0 Å². The van der Waals surface area contributed by atoms with Gasteiger partial charge in [0, 0.05) is 16.1 Å². The largest absolute Gasteiger partial charge is 0.451 e. The molecule has 1 N–H and O–H groups in total. The standard InChI is InChI=1S/C20H16ClN3O2S/c1-11-7-8-13(21)9-15(11)24-19(25)12(2)27-20-18-17(22-10-23-20)14-5-3-4-6-16(14)26-18/h3-10,12H,1-2H3,(H,24,25)/t12-/m0/s1. The number of hydrogen-bond acceptors (Lipinski definition) is 5. The molecule has 4 rings (SSSR count). The van der Waals surface area contributed by atoms with E-state index in [4.69, 9.17) is 16.0 Å². The van der Waals surface area contributed by atoms with Gasteiger partial charge in [-0.15, -0.1) is 0 Å². The predicted molar refractivity (Wildman–Crippen MR) is 109 cm³/mol. The number of thioether (sulfide) groups is 1. The molecule has 0 unspecified atom stereocenters. The molecule has 0 aliphatic heterocycles. The first-order chi connectivity index (χ1) is 13.0. The molecule has 1 atom stereocenters. The van der Waals surface area contributed by atoms with Crippen LogP contribution < -0.4 is 5.32 Å². The van der Waals surface area contributed by atoms with Crippen molar-refractivity contribution in [2.24, 2.45) is 0 Å². The van der Waals surface area contributed by atoms with E-state index in [9.17, 15) is 4.79 Å². The number of rotatable bonds is 4. The van der Waals surface area contributed by atoms with Gasteiger partial charge in [0.25, 0.3) is 0 Å². The van der Waals surface area contributed by atoms with Crippen LogP contribution in [0.2, 0.25) is 5.02 Å². The van der Waals surface area contributed by atoms with E-state index in [1.165, 1.54) is 18.1 Å². The summed E-state index contributed by atoms with van der Waals surface area (Å²) in [6, 6.07) is 13.1. The zero-order valence-electron chi connectivity index (χ0n) is 14.7. The van der Waals surface area contributed by atoms with Crippen molar-refractivity contribution in [1.82, 2.24) is 9.97 Å². The van der Waals surface area contributed by atoms with E-state index in [0.29, 0.717) is 21.3 Å². The number of carbonyl (C=O) groups is 1. The topological polar surface area (TPSA) is 68.0 Å². The Morgan fingerprint density at radius 3 is 2.89 bits per heavy atom. The van der Waals surface area contributed by atoms with Crippen LogP contribution in [0, 0.1) is 6.92 Å². The Hall–Kier alpha value is -2.57. The number of furan rings is 1. The Labute approximate surface area is 165 Å². The van der Waals surface area contributed by atoms with E-state index in [1.807, 2.05) is 44.2 Å². The highest BCUT2D eigenvalue weighted by Crippen LogP contribution is 2.34. The number of fused-ring (bicyclic) bond motifs is 3. The van der Waals surface area contributed by atoms with Gasteiger partial charge in [0.2, 0.25) is 5.91 Å². The fourth-order valence-electron chi connectivity index (χ4n) is 2.77. The number of hydrogen-bond donors (Lipinski definition) is 1. The summed E-state index contributed by atoms with van der Waals surface area (Å²) in [5.74, 6) is -0.131. The molecule has 7 heteroatoms. The fourth-order valence-corrected chi connectivity index (χ4v) is 3.80. The molecule has 136 valence electrons. The van der Waals surface area contributed by atoms with E-state index in [2.05, 4.69) is 15.3 Å². The van der Waals surface area contributed by atoms with Crippen molar-refractivity contribution in [3.8, 4) is 0 Å². The van der Waals surface area contributed by atoms with Crippen molar-refractivity contribution in [3.05, 3.63) is 59.4 Å². The first-order valence-corrected chi connectivity index (χ1v) is 9.64. The summed E-state index contributed by atoms with van der Waals surface area (Å²) in [4.78, 5) is 21.3. The Balaban J connectivity index is 1.60. The highest BCUT2D eigenvalue weighted by molar-refractivity contribution is 8.00. The van der Waals surface area contributed by atoms with Crippen LogP contribution >= 0.6 is 23.4 Å². The Kier molecular flexibility index (Phi) is 4.76. The van der Waals surface area contributed by atoms with E-state index in [-0.39, 0.29) is 11.2 Å². The third kappa shape index (κ3) is 3.50. The smallest absolute Gasteiger partial charge is 0.237 e. The summed E-state index contributed by atoms with van der Waals surface area (Å²) in [5, 5.41) is 4.70. The number of anilines is 1. The molecule has 1 amide bonds. The normalized spacial score (nSPS) is 12.4. The number of nitrogens with one attached hydrogen (secondary N) is 1. The fraction of sp³-hybridized carbons (Fsp3) is 0.150. The van der Waals surface area contributed by atoms with E-state index in [0.717, 1.165) is 22.0 Å². The SMILES string of the molecule is Cc1ccc(Cl)cc1NC(=O)[C@H](C)Sc1ncnc2c1oc1ccccc12. The van der Waals surface area contributed by atoms with Crippen LogP contribution in [-0.4, -0.2) is 21.1 Å². The molecule has 5 nitrogen and oxygen atoms in total.